The van der Waals surface area contributed by atoms with Gasteiger partial charge in [0.1, 0.15) is 25.1 Å². The SMILES string of the molecule is CCCC(OC(=O)CCCC(=O)OCCOc1ccccc1)C(C)C. The predicted octanol–water partition coefficient (Wildman–Crippen LogP) is 4.15. The third kappa shape index (κ3) is 9.75. The van der Waals surface area contributed by atoms with E-state index < -0.39 is 0 Å². The van der Waals surface area contributed by atoms with Crippen molar-refractivity contribution in [1.82, 2.24) is 0 Å². The molecule has 5 nitrogen and oxygen atoms in total. The van der Waals surface area contributed by atoms with Gasteiger partial charge in [0.25, 0.3) is 0 Å². The molecule has 1 aromatic carbocycles. The summed E-state index contributed by atoms with van der Waals surface area (Å²) >= 11 is 0. The molecule has 0 saturated heterocycles. The van der Waals surface area contributed by atoms with E-state index in [9.17, 15) is 9.59 Å². The molecule has 1 aromatic rings. The fourth-order valence-corrected chi connectivity index (χ4v) is 2.32. The minimum atomic E-state index is -0.321. The van der Waals surface area contributed by atoms with E-state index in [2.05, 4.69) is 6.92 Å². The van der Waals surface area contributed by atoms with Gasteiger partial charge < -0.3 is 14.2 Å². The molecule has 1 rings (SSSR count). The van der Waals surface area contributed by atoms with Crippen LogP contribution in [0, 0.1) is 5.92 Å². The topological polar surface area (TPSA) is 61.8 Å². The molecule has 0 aliphatic rings. The molecule has 25 heavy (non-hydrogen) atoms. The van der Waals surface area contributed by atoms with Gasteiger partial charge in [-0.2, -0.15) is 0 Å². The second kappa shape index (κ2) is 12.3. The summed E-state index contributed by atoms with van der Waals surface area (Å²) in [5.74, 6) is 0.484. The normalized spacial score (nSPS) is 11.8. The van der Waals surface area contributed by atoms with Crippen molar-refractivity contribution in [3.8, 4) is 5.75 Å². The molecule has 0 aromatic heterocycles. The lowest BCUT2D eigenvalue weighted by molar-refractivity contribution is -0.152. The molecule has 0 heterocycles. The van der Waals surface area contributed by atoms with Crippen LogP contribution in [0.5, 0.6) is 5.75 Å². The van der Waals surface area contributed by atoms with Crippen LogP contribution in [0.3, 0.4) is 0 Å². The van der Waals surface area contributed by atoms with Crippen LogP contribution in [0.1, 0.15) is 52.9 Å². The van der Waals surface area contributed by atoms with Crippen molar-refractivity contribution in [2.45, 2.75) is 59.0 Å². The van der Waals surface area contributed by atoms with Crippen LogP contribution in [0.2, 0.25) is 0 Å². The summed E-state index contributed by atoms with van der Waals surface area (Å²) in [4.78, 5) is 23.5. The van der Waals surface area contributed by atoms with Crippen molar-refractivity contribution in [3.05, 3.63) is 30.3 Å². The molecule has 0 N–H and O–H groups in total. The van der Waals surface area contributed by atoms with Crippen molar-refractivity contribution < 1.29 is 23.8 Å². The van der Waals surface area contributed by atoms with Crippen LogP contribution in [0.15, 0.2) is 30.3 Å². The lowest BCUT2D eigenvalue weighted by Crippen LogP contribution is -2.23. The molecule has 1 unspecified atom stereocenters. The molecular formula is C20H30O5. The summed E-state index contributed by atoms with van der Waals surface area (Å²) in [5.41, 5.74) is 0. The van der Waals surface area contributed by atoms with E-state index in [-0.39, 0.29) is 37.5 Å². The maximum Gasteiger partial charge on any atom is 0.306 e. The molecule has 0 aliphatic carbocycles. The number of benzene rings is 1. The number of carbonyl (C=O) groups excluding carboxylic acids is 2. The minimum absolute atomic E-state index is 0.0420. The molecule has 0 aliphatic heterocycles. The van der Waals surface area contributed by atoms with Gasteiger partial charge in [0.2, 0.25) is 0 Å². The molecule has 0 fully saturated rings. The van der Waals surface area contributed by atoms with Gasteiger partial charge in [0.15, 0.2) is 0 Å². The van der Waals surface area contributed by atoms with Crippen LogP contribution in [0.25, 0.3) is 0 Å². The van der Waals surface area contributed by atoms with Gasteiger partial charge in [-0.05, 0) is 30.9 Å². The Morgan fingerprint density at radius 2 is 1.68 bits per heavy atom. The maximum atomic E-state index is 11.8. The van der Waals surface area contributed by atoms with Gasteiger partial charge in [-0.1, -0.05) is 45.4 Å². The van der Waals surface area contributed by atoms with E-state index in [1.54, 1.807) is 0 Å². The Labute approximate surface area is 150 Å². The highest BCUT2D eigenvalue weighted by atomic mass is 16.6. The van der Waals surface area contributed by atoms with Gasteiger partial charge in [0, 0.05) is 12.8 Å². The fraction of sp³-hybridized carbons (Fsp3) is 0.600. The van der Waals surface area contributed by atoms with Crippen molar-refractivity contribution >= 4 is 11.9 Å². The molecule has 0 radical (unpaired) electrons. The monoisotopic (exact) mass is 350 g/mol. The third-order valence-electron chi connectivity index (χ3n) is 3.72. The standard InChI is InChI=1S/C20H30O5/c1-4-9-18(16(2)3)25-20(22)13-8-12-19(21)24-15-14-23-17-10-6-5-7-11-17/h5-7,10-11,16,18H,4,8-9,12-15H2,1-3H3. The van der Waals surface area contributed by atoms with Gasteiger partial charge >= 0.3 is 11.9 Å². The Hall–Kier alpha value is -2.04. The number of ether oxygens (including phenoxy) is 3. The van der Waals surface area contributed by atoms with Crippen molar-refractivity contribution in [2.75, 3.05) is 13.2 Å². The molecule has 0 amide bonds. The van der Waals surface area contributed by atoms with Crippen LogP contribution in [0.4, 0.5) is 0 Å². The Kier molecular flexibility index (Phi) is 10.4. The Morgan fingerprint density at radius 3 is 2.32 bits per heavy atom. The highest BCUT2D eigenvalue weighted by Crippen LogP contribution is 2.14. The summed E-state index contributed by atoms with van der Waals surface area (Å²) in [6.07, 6.45) is 2.69. The lowest BCUT2D eigenvalue weighted by atomic mass is 10.0. The number of hydrogen-bond acceptors (Lipinski definition) is 5. The van der Waals surface area contributed by atoms with Gasteiger partial charge in [-0.3, -0.25) is 9.59 Å². The zero-order chi connectivity index (χ0) is 18.5. The molecular weight excluding hydrogens is 320 g/mol. The zero-order valence-electron chi connectivity index (χ0n) is 15.5. The summed E-state index contributed by atoms with van der Waals surface area (Å²) < 4.78 is 16.0. The molecule has 0 bridgehead atoms. The predicted molar refractivity (Wildman–Crippen MR) is 96.4 cm³/mol. The Bertz CT molecular complexity index is 498. The van der Waals surface area contributed by atoms with Gasteiger partial charge in [0.05, 0.1) is 0 Å². The summed E-state index contributed by atoms with van der Waals surface area (Å²) in [6, 6.07) is 9.35. The van der Waals surface area contributed by atoms with Crippen LogP contribution in [-0.2, 0) is 19.1 Å². The number of carbonyl (C=O) groups is 2. The first kappa shape index (κ1) is 21.0. The first-order valence-electron chi connectivity index (χ1n) is 9.05. The zero-order valence-corrected chi connectivity index (χ0v) is 15.5. The average molecular weight is 350 g/mol. The fourth-order valence-electron chi connectivity index (χ4n) is 2.32. The van der Waals surface area contributed by atoms with Crippen LogP contribution < -0.4 is 4.74 Å². The van der Waals surface area contributed by atoms with Gasteiger partial charge in [-0.25, -0.2) is 0 Å². The van der Waals surface area contributed by atoms with E-state index in [0.717, 1.165) is 18.6 Å². The van der Waals surface area contributed by atoms with Crippen molar-refractivity contribution in [2.24, 2.45) is 5.92 Å². The van der Waals surface area contributed by atoms with E-state index >= 15 is 0 Å². The summed E-state index contributed by atoms with van der Waals surface area (Å²) in [7, 11) is 0. The Balaban J connectivity index is 2.10. The highest BCUT2D eigenvalue weighted by Gasteiger charge is 2.17. The number of para-hydroxylation sites is 1. The smallest absolute Gasteiger partial charge is 0.306 e. The second-order valence-electron chi connectivity index (χ2n) is 6.30. The van der Waals surface area contributed by atoms with E-state index in [1.807, 2.05) is 44.2 Å². The third-order valence-corrected chi connectivity index (χ3v) is 3.72. The van der Waals surface area contributed by atoms with E-state index in [4.69, 9.17) is 14.2 Å². The number of esters is 2. The van der Waals surface area contributed by atoms with Crippen LogP contribution in [-0.4, -0.2) is 31.3 Å². The summed E-state index contributed by atoms with van der Waals surface area (Å²) in [5, 5.41) is 0. The first-order chi connectivity index (χ1) is 12.0. The molecule has 1 atom stereocenters. The van der Waals surface area contributed by atoms with E-state index in [0.29, 0.717) is 18.9 Å². The van der Waals surface area contributed by atoms with Crippen LogP contribution >= 0.6 is 0 Å². The van der Waals surface area contributed by atoms with Crippen molar-refractivity contribution in [1.29, 1.82) is 0 Å². The molecule has 5 heteroatoms. The minimum Gasteiger partial charge on any atom is -0.490 e. The average Bonchev–Trinajstić information content (AvgIpc) is 2.59. The summed E-state index contributed by atoms with van der Waals surface area (Å²) in [6.45, 7) is 6.67. The van der Waals surface area contributed by atoms with Gasteiger partial charge in [-0.15, -0.1) is 0 Å². The molecule has 0 spiro atoms. The van der Waals surface area contributed by atoms with E-state index in [1.165, 1.54) is 0 Å². The number of rotatable bonds is 12. The first-order valence-corrected chi connectivity index (χ1v) is 9.05. The highest BCUT2D eigenvalue weighted by molar-refractivity contribution is 5.72. The largest absolute Gasteiger partial charge is 0.490 e. The molecule has 0 saturated carbocycles. The lowest BCUT2D eigenvalue weighted by Gasteiger charge is -2.20. The van der Waals surface area contributed by atoms with Crippen molar-refractivity contribution in [3.63, 3.8) is 0 Å². The maximum absolute atomic E-state index is 11.8. The Morgan fingerprint density at radius 1 is 1.00 bits per heavy atom. The number of hydrogen-bond donors (Lipinski definition) is 0. The molecule has 140 valence electrons. The second-order valence-corrected chi connectivity index (χ2v) is 6.30. The quantitative estimate of drug-likeness (QED) is 0.419.